The molecule has 0 saturated heterocycles. The molecule has 0 aliphatic heterocycles. The van der Waals surface area contributed by atoms with Crippen LogP contribution in [0.1, 0.15) is 24.1 Å². The second kappa shape index (κ2) is 6.28. The number of halogens is 5. The van der Waals surface area contributed by atoms with E-state index >= 15 is 0 Å². The van der Waals surface area contributed by atoms with Crippen LogP contribution < -0.4 is 5.32 Å². The van der Waals surface area contributed by atoms with Gasteiger partial charge >= 0.3 is 6.18 Å². The van der Waals surface area contributed by atoms with Crippen molar-refractivity contribution < 1.29 is 13.2 Å². The number of rotatable bonds is 3. The molecule has 6 heteroatoms. The molecule has 2 aromatic carbocycles. The summed E-state index contributed by atoms with van der Waals surface area (Å²) >= 11 is 9.42. The van der Waals surface area contributed by atoms with Crippen molar-refractivity contribution >= 4 is 33.2 Å². The minimum atomic E-state index is -4.32. The Bertz CT molecular complexity index is 626. The average molecular weight is 379 g/mol. The maximum absolute atomic E-state index is 12.5. The van der Waals surface area contributed by atoms with Crippen LogP contribution in [0, 0.1) is 0 Å². The fraction of sp³-hybridized carbons (Fsp3) is 0.200. The quantitative estimate of drug-likeness (QED) is 0.661. The van der Waals surface area contributed by atoms with Gasteiger partial charge in [-0.3, -0.25) is 0 Å². The smallest absolute Gasteiger partial charge is 0.377 e. The lowest BCUT2D eigenvalue weighted by Gasteiger charge is -2.17. The number of alkyl halides is 3. The lowest BCUT2D eigenvalue weighted by atomic mass is 10.1. The average Bonchev–Trinajstić information content (AvgIpc) is 2.41. The van der Waals surface area contributed by atoms with Gasteiger partial charge in [0.1, 0.15) is 0 Å². The second-order valence-corrected chi connectivity index (χ2v) is 5.93. The van der Waals surface area contributed by atoms with E-state index in [2.05, 4.69) is 21.2 Å². The summed E-state index contributed by atoms with van der Waals surface area (Å²) in [5.41, 5.74) is 0.828. The number of nitrogens with one attached hydrogen (secondary N) is 1. The Morgan fingerprint density at radius 1 is 1.10 bits per heavy atom. The molecule has 0 bridgehead atoms. The Morgan fingerprint density at radius 2 is 1.71 bits per heavy atom. The molecule has 1 unspecified atom stereocenters. The molecule has 0 heterocycles. The molecule has 0 aromatic heterocycles. The number of benzene rings is 2. The Morgan fingerprint density at radius 3 is 2.24 bits per heavy atom. The zero-order valence-corrected chi connectivity index (χ0v) is 13.4. The molecule has 0 saturated carbocycles. The molecule has 2 aromatic rings. The minimum absolute atomic E-state index is 0.161. The van der Waals surface area contributed by atoms with Crippen LogP contribution in [0.4, 0.5) is 18.9 Å². The zero-order chi connectivity index (χ0) is 15.6. The summed E-state index contributed by atoms with van der Waals surface area (Å²) in [6.45, 7) is 1.86. The van der Waals surface area contributed by atoms with Gasteiger partial charge in [0.2, 0.25) is 0 Å². The van der Waals surface area contributed by atoms with Crippen molar-refractivity contribution in [2.75, 3.05) is 5.32 Å². The van der Waals surface area contributed by atoms with E-state index in [0.717, 1.165) is 27.9 Å². The van der Waals surface area contributed by atoms with Gasteiger partial charge in [0, 0.05) is 10.5 Å². The van der Waals surface area contributed by atoms with Crippen LogP contribution in [0.3, 0.4) is 0 Å². The Labute approximate surface area is 134 Å². The van der Waals surface area contributed by atoms with Crippen LogP contribution in [0.15, 0.2) is 46.9 Å². The van der Waals surface area contributed by atoms with Gasteiger partial charge in [-0.05, 0) is 42.8 Å². The molecule has 1 N–H and O–H groups in total. The fourth-order valence-corrected chi connectivity index (χ4v) is 2.61. The summed E-state index contributed by atoms with van der Waals surface area (Å²) in [6.07, 6.45) is -4.32. The van der Waals surface area contributed by atoms with Crippen molar-refractivity contribution in [3.63, 3.8) is 0 Å². The molecule has 21 heavy (non-hydrogen) atoms. The van der Waals surface area contributed by atoms with E-state index in [4.69, 9.17) is 11.6 Å². The lowest BCUT2D eigenvalue weighted by molar-refractivity contribution is -0.137. The van der Waals surface area contributed by atoms with Crippen molar-refractivity contribution in [3.05, 3.63) is 63.1 Å². The van der Waals surface area contributed by atoms with Gasteiger partial charge in [0.15, 0.2) is 0 Å². The second-order valence-electron chi connectivity index (χ2n) is 4.61. The first-order valence-corrected chi connectivity index (χ1v) is 7.33. The summed E-state index contributed by atoms with van der Waals surface area (Å²) in [4.78, 5) is 0. The van der Waals surface area contributed by atoms with Crippen LogP contribution in [0.25, 0.3) is 0 Å². The maximum Gasteiger partial charge on any atom is 0.416 e. The maximum atomic E-state index is 12.5. The summed E-state index contributed by atoms with van der Waals surface area (Å²) in [5, 5.41) is 3.72. The highest BCUT2D eigenvalue weighted by Crippen LogP contribution is 2.32. The highest BCUT2D eigenvalue weighted by atomic mass is 79.9. The third kappa shape index (κ3) is 4.14. The molecular formula is C15H12BrClF3N. The summed E-state index contributed by atoms with van der Waals surface area (Å²) in [7, 11) is 0. The van der Waals surface area contributed by atoms with Gasteiger partial charge < -0.3 is 5.32 Å². The van der Waals surface area contributed by atoms with Crippen LogP contribution in [0.2, 0.25) is 5.02 Å². The first-order valence-electron chi connectivity index (χ1n) is 6.16. The standard InChI is InChI=1S/C15H12BrClF3N/c1-9(21-14-7-6-12(16)8-13(14)17)10-2-4-11(5-3-10)15(18,19)20/h2-9,21H,1H3. The molecule has 112 valence electrons. The van der Waals surface area contributed by atoms with E-state index in [9.17, 15) is 13.2 Å². The first-order chi connectivity index (χ1) is 9.77. The van der Waals surface area contributed by atoms with Crippen molar-refractivity contribution in [3.8, 4) is 0 Å². The lowest BCUT2D eigenvalue weighted by Crippen LogP contribution is -2.09. The molecule has 0 fully saturated rings. The highest BCUT2D eigenvalue weighted by molar-refractivity contribution is 9.10. The molecule has 0 radical (unpaired) electrons. The van der Waals surface area contributed by atoms with Gasteiger partial charge in [-0.25, -0.2) is 0 Å². The van der Waals surface area contributed by atoms with Crippen molar-refractivity contribution in [1.82, 2.24) is 0 Å². The van der Waals surface area contributed by atoms with Gasteiger partial charge in [-0.2, -0.15) is 13.2 Å². The number of anilines is 1. The Balaban J connectivity index is 2.15. The van der Waals surface area contributed by atoms with Crippen LogP contribution in [-0.2, 0) is 6.18 Å². The van der Waals surface area contributed by atoms with Crippen LogP contribution in [0.5, 0.6) is 0 Å². The van der Waals surface area contributed by atoms with Crippen molar-refractivity contribution in [2.24, 2.45) is 0 Å². The molecule has 0 amide bonds. The van der Waals surface area contributed by atoms with E-state index in [0.29, 0.717) is 5.02 Å². The molecule has 1 nitrogen and oxygen atoms in total. The van der Waals surface area contributed by atoms with Gasteiger partial charge in [-0.1, -0.05) is 39.7 Å². The van der Waals surface area contributed by atoms with E-state index in [1.807, 2.05) is 19.1 Å². The summed E-state index contributed by atoms with van der Waals surface area (Å²) < 4.78 is 38.4. The van der Waals surface area contributed by atoms with Crippen LogP contribution >= 0.6 is 27.5 Å². The SMILES string of the molecule is CC(Nc1ccc(Br)cc1Cl)c1ccc(C(F)(F)F)cc1. The first kappa shape index (κ1) is 16.2. The summed E-state index contributed by atoms with van der Waals surface area (Å²) in [5.74, 6) is 0. The molecule has 2 rings (SSSR count). The van der Waals surface area contributed by atoms with Gasteiger partial charge in [-0.15, -0.1) is 0 Å². The summed E-state index contributed by atoms with van der Waals surface area (Å²) in [6, 6.07) is 10.3. The Kier molecular flexibility index (Phi) is 4.84. The zero-order valence-electron chi connectivity index (χ0n) is 11.0. The fourth-order valence-electron chi connectivity index (χ4n) is 1.88. The van der Waals surface area contributed by atoms with E-state index < -0.39 is 11.7 Å². The van der Waals surface area contributed by atoms with Crippen molar-refractivity contribution in [1.29, 1.82) is 0 Å². The normalized spacial score (nSPS) is 13.0. The molecule has 0 aliphatic carbocycles. The third-order valence-corrected chi connectivity index (χ3v) is 3.85. The number of hydrogen-bond donors (Lipinski definition) is 1. The van der Waals surface area contributed by atoms with Gasteiger partial charge in [0.05, 0.1) is 16.3 Å². The predicted molar refractivity (Wildman–Crippen MR) is 82.6 cm³/mol. The predicted octanol–water partition coefficient (Wildman–Crippen LogP) is 6.29. The topological polar surface area (TPSA) is 12.0 Å². The molecule has 0 spiro atoms. The van der Waals surface area contributed by atoms with Gasteiger partial charge in [0.25, 0.3) is 0 Å². The minimum Gasteiger partial charge on any atom is -0.377 e. The third-order valence-electron chi connectivity index (χ3n) is 3.04. The molecular weight excluding hydrogens is 367 g/mol. The van der Waals surface area contributed by atoms with E-state index in [1.54, 1.807) is 6.07 Å². The Hall–Kier alpha value is -1.20. The highest BCUT2D eigenvalue weighted by Gasteiger charge is 2.30. The van der Waals surface area contributed by atoms with E-state index in [1.165, 1.54) is 12.1 Å². The molecule has 0 aliphatic rings. The van der Waals surface area contributed by atoms with E-state index in [-0.39, 0.29) is 6.04 Å². The number of hydrogen-bond acceptors (Lipinski definition) is 1. The van der Waals surface area contributed by atoms with Crippen molar-refractivity contribution in [2.45, 2.75) is 19.1 Å². The van der Waals surface area contributed by atoms with Crippen LogP contribution in [-0.4, -0.2) is 0 Å². The molecule has 1 atom stereocenters. The largest absolute Gasteiger partial charge is 0.416 e. The monoisotopic (exact) mass is 377 g/mol.